The van der Waals surface area contributed by atoms with Crippen LogP contribution < -0.4 is 0 Å². The molecule has 0 spiro atoms. The molecule has 0 aromatic heterocycles. The van der Waals surface area contributed by atoms with Crippen molar-refractivity contribution in [3.05, 3.63) is 11.6 Å². The molecule has 4 heteroatoms. The zero-order valence-electron chi connectivity index (χ0n) is 18.3. The minimum absolute atomic E-state index is 0.0849. The van der Waals surface area contributed by atoms with Gasteiger partial charge < -0.3 is 4.74 Å². The van der Waals surface area contributed by atoms with Gasteiger partial charge in [-0.1, -0.05) is 32.4 Å². The van der Waals surface area contributed by atoms with Gasteiger partial charge in [0.25, 0.3) is 6.47 Å². The molecule has 7 unspecified atom stereocenters. The molecule has 0 bridgehead atoms. The molecule has 4 rings (SSSR count). The molecule has 0 heterocycles. The lowest BCUT2D eigenvalue weighted by Gasteiger charge is -2.57. The van der Waals surface area contributed by atoms with Crippen molar-refractivity contribution in [3.8, 4) is 12.1 Å². The van der Waals surface area contributed by atoms with E-state index in [4.69, 9.17) is 10.00 Å². The van der Waals surface area contributed by atoms with E-state index in [9.17, 15) is 10.1 Å². The monoisotopic (exact) mass is 396 g/mol. The Morgan fingerprint density at radius 2 is 1.97 bits per heavy atom. The largest absolute Gasteiger partial charge is 0.464 e. The average Bonchev–Trinajstić information content (AvgIpc) is 3.06. The summed E-state index contributed by atoms with van der Waals surface area (Å²) in [6.07, 6.45) is 13.3. The van der Waals surface area contributed by atoms with Crippen LogP contribution in [0.3, 0.4) is 0 Å². The highest BCUT2D eigenvalue weighted by Crippen LogP contribution is 2.66. The van der Waals surface area contributed by atoms with Crippen molar-refractivity contribution in [2.75, 3.05) is 0 Å². The van der Waals surface area contributed by atoms with Gasteiger partial charge in [-0.05, 0) is 80.0 Å². The van der Waals surface area contributed by atoms with Crippen LogP contribution in [-0.4, -0.2) is 12.6 Å². The number of rotatable bonds is 3. The molecule has 29 heavy (non-hydrogen) atoms. The molecule has 0 aliphatic heterocycles. The Balaban J connectivity index is 0.000000431. The van der Waals surface area contributed by atoms with E-state index in [1.807, 2.05) is 13.0 Å². The van der Waals surface area contributed by atoms with E-state index in [-0.39, 0.29) is 22.9 Å². The number of hydrogen-bond acceptors (Lipinski definition) is 4. The van der Waals surface area contributed by atoms with Gasteiger partial charge in [0.2, 0.25) is 0 Å². The van der Waals surface area contributed by atoms with E-state index in [1.54, 1.807) is 5.57 Å². The summed E-state index contributed by atoms with van der Waals surface area (Å²) < 4.78 is 5.27. The molecule has 0 amide bonds. The summed E-state index contributed by atoms with van der Waals surface area (Å²) in [5.74, 6) is 2.49. The highest BCUT2D eigenvalue weighted by atomic mass is 16.5. The lowest BCUT2D eigenvalue weighted by atomic mass is 9.47. The topological polar surface area (TPSA) is 73.9 Å². The first kappa shape index (κ1) is 21.9. The van der Waals surface area contributed by atoms with Crippen LogP contribution in [-0.2, 0) is 9.53 Å². The molecule has 0 aromatic carbocycles. The number of allylic oxidation sites excluding steroid dienone is 1. The zero-order valence-corrected chi connectivity index (χ0v) is 18.3. The third kappa shape index (κ3) is 3.84. The molecule has 0 saturated heterocycles. The Kier molecular flexibility index (Phi) is 6.72. The number of nitriles is 2. The minimum atomic E-state index is 0.0849. The number of carbonyl (C=O) groups is 1. The molecule has 0 aromatic rings. The Hall–Kier alpha value is -1.81. The van der Waals surface area contributed by atoms with Crippen molar-refractivity contribution < 1.29 is 9.53 Å². The van der Waals surface area contributed by atoms with Gasteiger partial charge in [0.05, 0.1) is 18.1 Å². The van der Waals surface area contributed by atoms with E-state index < -0.39 is 0 Å². The van der Waals surface area contributed by atoms with Gasteiger partial charge in [0.15, 0.2) is 0 Å². The number of unbranched alkanes of at least 4 members (excludes halogenated alkanes) is 1. The standard InChI is InChI=1S/C21H29NO2.C4H7N/c1-20-9-7-16(24-13-23)11-14(20)3-5-17-18-6-4-15(12-22)21(18,2)10-8-19(17)20;1-2-3-4-5/h3,13,15-19H,4-11H2,1-2H3;2-3H2,1H3. The summed E-state index contributed by atoms with van der Waals surface area (Å²) in [6, 6.07) is 4.64. The number of nitrogens with zero attached hydrogens (tertiary/aromatic N) is 2. The first-order valence-electron chi connectivity index (χ1n) is 11.5. The van der Waals surface area contributed by atoms with Gasteiger partial charge in [0, 0.05) is 12.8 Å². The second-order valence-corrected chi connectivity index (χ2v) is 10.1. The van der Waals surface area contributed by atoms with Crippen LogP contribution in [0.15, 0.2) is 11.6 Å². The molecular weight excluding hydrogens is 360 g/mol. The maximum atomic E-state index is 10.7. The quantitative estimate of drug-likeness (QED) is 0.437. The smallest absolute Gasteiger partial charge is 0.293 e. The van der Waals surface area contributed by atoms with Crippen molar-refractivity contribution in [2.24, 2.45) is 34.5 Å². The van der Waals surface area contributed by atoms with E-state index in [0.717, 1.165) is 49.9 Å². The lowest BCUT2D eigenvalue weighted by molar-refractivity contribution is -0.136. The number of fused-ring (bicyclic) bond motifs is 5. The summed E-state index contributed by atoms with van der Waals surface area (Å²) in [6.45, 7) is 7.46. The summed E-state index contributed by atoms with van der Waals surface area (Å²) in [4.78, 5) is 10.7. The van der Waals surface area contributed by atoms with Gasteiger partial charge in [-0.3, -0.25) is 4.79 Å². The van der Waals surface area contributed by atoms with E-state index in [1.165, 1.54) is 25.7 Å². The van der Waals surface area contributed by atoms with Gasteiger partial charge in [-0.15, -0.1) is 0 Å². The van der Waals surface area contributed by atoms with E-state index in [2.05, 4.69) is 26.0 Å². The number of carbonyl (C=O) groups excluding carboxylic acids is 1. The fraction of sp³-hybridized carbons (Fsp3) is 0.800. The summed E-state index contributed by atoms with van der Waals surface area (Å²) in [5.41, 5.74) is 2.08. The molecule has 3 saturated carbocycles. The third-order valence-electron chi connectivity index (χ3n) is 8.82. The summed E-state index contributed by atoms with van der Waals surface area (Å²) >= 11 is 0. The second-order valence-electron chi connectivity index (χ2n) is 10.1. The van der Waals surface area contributed by atoms with Crippen molar-refractivity contribution in [1.82, 2.24) is 0 Å². The highest BCUT2D eigenvalue weighted by molar-refractivity contribution is 5.38. The van der Waals surface area contributed by atoms with Gasteiger partial charge in [-0.25, -0.2) is 0 Å². The van der Waals surface area contributed by atoms with Crippen LogP contribution in [0.1, 0.15) is 85.0 Å². The Morgan fingerprint density at radius 3 is 2.59 bits per heavy atom. The fourth-order valence-corrected chi connectivity index (χ4v) is 7.15. The molecule has 4 aliphatic rings. The SMILES string of the molecule is CC12CCC(OC=O)CC1=CCC1C2CCC2(C)C(C#N)CCC12.CCCC#N. The Labute approximate surface area is 176 Å². The molecule has 3 fully saturated rings. The van der Waals surface area contributed by atoms with Crippen LogP contribution in [0.5, 0.6) is 0 Å². The molecule has 0 N–H and O–H groups in total. The lowest BCUT2D eigenvalue weighted by Crippen LogP contribution is -2.50. The second kappa shape index (κ2) is 8.91. The molecule has 4 nitrogen and oxygen atoms in total. The minimum Gasteiger partial charge on any atom is -0.464 e. The molecule has 158 valence electrons. The predicted molar refractivity (Wildman–Crippen MR) is 112 cm³/mol. The molecule has 7 atom stereocenters. The molecule has 4 aliphatic carbocycles. The first-order valence-corrected chi connectivity index (χ1v) is 11.5. The Bertz CT molecular complexity index is 717. The van der Waals surface area contributed by atoms with Crippen molar-refractivity contribution in [3.63, 3.8) is 0 Å². The Morgan fingerprint density at radius 1 is 1.17 bits per heavy atom. The number of ether oxygens (including phenoxy) is 1. The van der Waals surface area contributed by atoms with Crippen molar-refractivity contribution >= 4 is 6.47 Å². The maximum absolute atomic E-state index is 10.7. The zero-order chi connectivity index (χ0) is 21.1. The third-order valence-corrected chi connectivity index (χ3v) is 8.82. The van der Waals surface area contributed by atoms with Gasteiger partial charge >= 0.3 is 0 Å². The van der Waals surface area contributed by atoms with Crippen molar-refractivity contribution in [1.29, 1.82) is 10.5 Å². The summed E-state index contributed by atoms with van der Waals surface area (Å²) in [7, 11) is 0. The molecule has 0 radical (unpaired) electrons. The number of hydrogen-bond donors (Lipinski definition) is 0. The van der Waals surface area contributed by atoms with Gasteiger partial charge in [0.1, 0.15) is 6.10 Å². The van der Waals surface area contributed by atoms with Crippen LogP contribution in [0.2, 0.25) is 0 Å². The summed E-state index contributed by atoms with van der Waals surface area (Å²) in [5, 5.41) is 17.4. The van der Waals surface area contributed by atoms with Crippen LogP contribution in [0, 0.1) is 57.2 Å². The van der Waals surface area contributed by atoms with E-state index >= 15 is 0 Å². The maximum Gasteiger partial charge on any atom is 0.293 e. The van der Waals surface area contributed by atoms with Crippen LogP contribution in [0.25, 0.3) is 0 Å². The van der Waals surface area contributed by atoms with Crippen LogP contribution in [0.4, 0.5) is 0 Å². The van der Waals surface area contributed by atoms with Crippen molar-refractivity contribution in [2.45, 2.75) is 91.1 Å². The predicted octanol–water partition coefficient (Wildman–Crippen LogP) is 5.94. The molecular formula is C25H36N2O2. The average molecular weight is 397 g/mol. The van der Waals surface area contributed by atoms with Crippen LogP contribution >= 0.6 is 0 Å². The van der Waals surface area contributed by atoms with E-state index in [0.29, 0.717) is 12.9 Å². The van der Waals surface area contributed by atoms with Gasteiger partial charge in [-0.2, -0.15) is 10.5 Å². The first-order chi connectivity index (χ1) is 13.9. The fourth-order valence-electron chi connectivity index (χ4n) is 7.15. The normalized spacial score (nSPS) is 42.4. The highest BCUT2D eigenvalue weighted by Gasteiger charge is 2.58.